The van der Waals surface area contributed by atoms with Crippen molar-refractivity contribution in [1.29, 1.82) is 0 Å². The smallest absolute Gasteiger partial charge is 0.309 e. The molecule has 1 aromatic carbocycles. The number of nitrogens with one attached hydrogen (secondary N) is 1. The second-order valence-corrected chi connectivity index (χ2v) is 5.01. The molecule has 0 aliphatic heterocycles. The Hall–Kier alpha value is -1.62. The van der Waals surface area contributed by atoms with Crippen LogP contribution in [0.15, 0.2) is 18.2 Å². The quantitative estimate of drug-likeness (QED) is 0.865. The fourth-order valence-electron chi connectivity index (χ4n) is 1.67. The molecule has 1 saturated carbocycles. The van der Waals surface area contributed by atoms with Crippen LogP contribution in [0.2, 0.25) is 5.02 Å². The van der Waals surface area contributed by atoms with E-state index in [1.54, 1.807) is 0 Å². The maximum Gasteiger partial charge on any atom is 0.309 e. The van der Waals surface area contributed by atoms with Gasteiger partial charge in [0.05, 0.1) is 10.9 Å². The number of halogens is 2. The van der Waals surface area contributed by atoms with E-state index in [9.17, 15) is 14.0 Å². The van der Waals surface area contributed by atoms with Crippen LogP contribution in [0, 0.1) is 17.7 Å². The van der Waals surface area contributed by atoms with E-state index in [2.05, 4.69) is 5.32 Å². The van der Waals surface area contributed by atoms with Crippen LogP contribution in [-0.4, -0.2) is 18.5 Å². The zero-order valence-electron chi connectivity index (χ0n) is 10.3. The molecule has 102 valence electrons. The minimum absolute atomic E-state index is 0.0759. The summed E-state index contributed by atoms with van der Waals surface area (Å²) in [5, 5.41) is 2.39. The second kappa shape index (κ2) is 5.57. The van der Waals surface area contributed by atoms with Crippen molar-refractivity contribution in [2.75, 3.05) is 11.9 Å². The second-order valence-electron chi connectivity index (χ2n) is 4.60. The molecule has 4 nitrogen and oxygen atoms in total. The number of hydrogen-bond acceptors (Lipinski definition) is 3. The summed E-state index contributed by atoms with van der Waals surface area (Å²) >= 11 is 5.58. The van der Waals surface area contributed by atoms with Crippen LogP contribution in [-0.2, 0) is 14.3 Å². The van der Waals surface area contributed by atoms with Gasteiger partial charge in [0.2, 0.25) is 0 Å². The van der Waals surface area contributed by atoms with Crippen molar-refractivity contribution < 1.29 is 18.7 Å². The van der Waals surface area contributed by atoms with Gasteiger partial charge in [-0.1, -0.05) is 18.5 Å². The maximum absolute atomic E-state index is 12.9. The van der Waals surface area contributed by atoms with Gasteiger partial charge in [-0.15, -0.1) is 0 Å². The van der Waals surface area contributed by atoms with Crippen molar-refractivity contribution in [2.45, 2.75) is 13.3 Å². The molecule has 0 radical (unpaired) electrons. The largest absolute Gasteiger partial charge is 0.455 e. The predicted molar refractivity (Wildman–Crippen MR) is 68.3 cm³/mol. The Bertz CT molecular complexity index is 521. The summed E-state index contributed by atoms with van der Waals surface area (Å²) in [5.74, 6) is -1.13. The van der Waals surface area contributed by atoms with Gasteiger partial charge in [0.15, 0.2) is 6.61 Å². The summed E-state index contributed by atoms with van der Waals surface area (Å²) < 4.78 is 17.8. The van der Waals surface area contributed by atoms with Gasteiger partial charge in [-0.2, -0.15) is 0 Å². The van der Waals surface area contributed by atoms with Crippen LogP contribution in [0.5, 0.6) is 0 Å². The van der Waals surface area contributed by atoms with E-state index in [0.717, 1.165) is 12.5 Å². The molecule has 0 heterocycles. The predicted octanol–water partition coefficient (Wildman–Crippen LogP) is 2.62. The van der Waals surface area contributed by atoms with Crippen molar-refractivity contribution in [3.63, 3.8) is 0 Å². The van der Waals surface area contributed by atoms with Crippen LogP contribution in [0.4, 0.5) is 10.1 Å². The average molecular weight is 286 g/mol. The van der Waals surface area contributed by atoms with Crippen molar-refractivity contribution in [3.8, 4) is 0 Å². The summed E-state index contributed by atoms with van der Waals surface area (Å²) in [4.78, 5) is 22.9. The minimum atomic E-state index is -0.561. The minimum Gasteiger partial charge on any atom is -0.455 e. The van der Waals surface area contributed by atoms with Crippen molar-refractivity contribution >= 4 is 29.2 Å². The van der Waals surface area contributed by atoms with Crippen LogP contribution in [0.25, 0.3) is 0 Å². The van der Waals surface area contributed by atoms with Gasteiger partial charge >= 0.3 is 5.97 Å². The zero-order chi connectivity index (χ0) is 14.0. The number of anilines is 1. The zero-order valence-corrected chi connectivity index (χ0v) is 11.0. The first kappa shape index (κ1) is 13.8. The summed E-state index contributed by atoms with van der Waals surface area (Å²) in [5.41, 5.74) is 0.354. The highest BCUT2D eigenvalue weighted by atomic mass is 35.5. The average Bonchev–Trinajstić information content (AvgIpc) is 3.08. The standard InChI is InChI=1S/C13H13ClFNO3/c1-7-4-9(7)13(18)19-6-12(17)16-8-2-3-11(15)10(14)5-8/h2-3,5,7,9H,4,6H2,1H3,(H,16,17)/t7-,9+/m1/s1. The number of hydrogen-bond donors (Lipinski definition) is 1. The fourth-order valence-corrected chi connectivity index (χ4v) is 1.85. The van der Waals surface area contributed by atoms with Crippen molar-refractivity contribution in [2.24, 2.45) is 11.8 Å². The lowest BCUT2D eigenvalue weighted by Crippen LogP contribution is -2.21. The monoisotopic (exact) mass is 285 g/mol. The molecule has 1 aliphatic rings. The van der Waals surface area contributed by atoms with Gasteiger partial charge < -0.3 is 10.1 Å². The first-order valence-electron chi connectivity index (χ1n) is 5.89. The summed E-state index contributed by atoms with van der Waals surface area (Å²) in [6.07, 6.45) is 0.814. The Kier molecular flexibility index (Phi) is 4.04. The van der Waals surface area contributed by atoms with Crippen LogP contribution in [0.3, 0.4) is 0 Å². The lowest BCUT2D eigenvalue weighted by atomic mass is 10.3. The van der Waals surface area contributed by atoms with Gasteiger partial charge in [0.1, 0.15) is 5.82 Å². The normalized spacial score (nSPS) is 20.8. The molecule has 0 unspecified atom stereocenters. The molecule has 1 aromatic rings. The molecule has 2 atom stereocenters. The lowest BCUT2D eigenvalue weighted by Gasteiger charge is -2.07. The summed E-state index contributed by atoms with van der Waals surface area (Å²) in [6.45, 7) is 1.60. The Morgan fingerprint density at radius 2 is 2.21 bits per heavy atom. The number of rotatable bonds is 4. The fraction of sp³-hybridized carbons (Fsp3) is 0.385. The highest BCUT2D eigenvalue weighted by Gasteiger charge is 2.40. The molecule has 1 aliphatic carbocycles. The Balaban J connectivity index is 1.80. The van der Waals surface area contributed by atoms with E-state index >= 15 is 0 Å². The maximum atomic E-state index is 12.9. The SMILES string of the molecule is C[C@@H]1C[C@@H]1C(=O)OCC(=O)Nc1ccc(F)c(Cl)c1. The van der Waals surface area contributed by atoms with Crippen molar-refractivity contribution in [3.05, 3.63) is 29.0 Å². The molecule has 2 rings (SSSR count). The molecule has 0 bridgehead atoms. The van der Waals surface area contributed by atoms with E-state index in [-0.39, 0.29) is 23.5 Å². The van der Waals surface area contributed by atoms with E-state index in [0.29, 0.717) is 11.6 Å². The van der Waals surface area contributed by atoms with Crippen LogP contribution < -0.4 is 5.32 Å². The van der Waals surface area contributed by atoms with E-state index < -0.39 is 11.7 Å². The lowest BCUT2D eigenvalue weighted by molar-refractivity contribution is -0.148. The van der Waals surface area contributed by atoms with Crippen molar-refractivity contribution in [1.82, 2.24) is 0 Å². The van der Waals surface area contributed by atoms with Gasteiger partial charge in [-0.05, 0) is 30.5 Å². The van der Waals surface area contributed by atoms with Gasteiger partial charge in [0.25, 0.3) is 5.91 Å². The molecular weight excluding hydrogens is 273 g/mol. The number of amides is 1. The molecule has 0 aromatic heterocycles. The van der Waals surface area contributed by atoms with Crippen LogP contribution in [0.1, 0.15) is 13.3 Å². The van der Waals surface area contributed by atoms with Crippen LogP contribution >= 0.6 is 11.6 Å². The van der Waals surface area contributed by atoms with Gasteiger partial charge in [-0.25, -0.2) is 4.39 Å². The number of carbonyl (C=O) groups is 2. The van der Waals surface area contributed by atoms with Gasteiger partial charge in [0, 0.05) is 5.69 Å². The van der Waals surface area contributed by atoms with Gasteiger partial charge in [-0.3, -0.25) is 9.59 Å². The molecule has 0 saturated heterocycles. The molecule has 1 fully saturated rings. The van der Waals surface area contributed by atoms with E-state index in [1.165, 1.54) is 12.1 Å². The molecule has 6 heteroatoms. The molecule has 1 amide bonds. The number of benzene rings is 1. The topological polar surface area (TPSA) is 55.4 Å². The summed E-state index contributed by atoms with van der Waals surface area (Å²) in [6, 6.07) is 3.82. The highest BCUT2D eigenvalue weighted by Crippen LogP contribution is 2.38. The Morgan fingerprint density at radius 1 is 1.53 bits per heavy atom. The number of carbonyl (C=O) groups excluding carboxylic acids is 2. The molecule has 0 spiro atoms. The first-order valence-corrected chi connectivity index (χ1v) is 6.26. The number of ether oxygens (including phenoxy) is 1. The molecular formula is C13H13ClFNO3. The number of esters is 1. The Labute approximate surface area is 114 Å². The Morgan fingerprint density at radius 3 is 2.79 bits per heavy atom. The first-order chi connectivity index (χ1) is 8.97. The molecule has 1 N–H and O–H groups in total. The highest BCUT2D eigenvalue weighted by molar-refractivity contribution is 6.31. The van der Waals surface area contributed by atoms with E-state index in [4.69, 9.17) is 16.3 Å². The molecule has 19 heavy (non-hydrogen) atoms. The third-order valence-corrected chi connectivity index (χ3v) is 3.25. The third-order valence-electron chi connectivity index (χ3n) is 2.96. The third kappa shape index (κ3) is 3.67. The van der Waals surface area contributed by atoms with E-state index in [1.807, 2.05) is 6.92 Å². The summed E-state index contributed by atoms with van der Waals surface area (Å²) in [7, 11) is 0.